The number of anilines is 1. The maximum atomic E-state index is 12.1. The molecule has 1 fully saturated rings. The molecule has 25 heavy (non-hydrogen) atoms. The third-order valence-corrected chi connectivity index (χ3v) is 4.69. The summed E-state index contributed by atoms with van der Waals surface area (Å²) in [5.74, 6) is -0.0877. The Bertz CT molecular complexity index is 633. The third-order valence-electron chi connectivity index (χ3n) is 4.69. The van der Waals surface area contributed by atoms with Crippen molar-refractivity contribution in [3.05, 3.63) is 29.8 Å². The maximum Gasteiger partial charge on any atom is 0.241 e. The molecular formula is C19H26N4O2. The number of nitrogens with one attached hydrogen (secondary N) is 2. The number of nitriles is 1. The Balaban J connectivity index is 1.80. The van der Waals surface area contributed by atoms with Gasteiger partial charge in [0.1, 0.15) is 6.04 Å². The summed E-state index contributed by atoms with van der Waals surface area (Å²) in [6, 6.07) is 8.21. The first kappa shape index (κ1) is 18.8. The molecule has 1 aromatic rings. The van der Waals surface area contributed by atoms with Gasteiger partial charge in [0.05, 0.1) is 11.6 Å². The Hall–Kier alpha value is -2.55. The van der Waals surface area contributed by atoms with E-state index in [1.165, 1.54) is 32.1 Å². The van der Waals surface area contributed by atoms with Crippen molar-refractivity contribution < 1.29 is 9.59 Å². The zero-order chi connectivity index (χ0) is 18.1. The normalized spacial score (nSPS) is 15.8. The number of primary amides is 1. The highest BCUT2D eigenvalue weighted by Gasteiger charge is 2.19. The van der Waals surface area contributed by atoms with Crippen molar-refractivity contribution in [1.29, 1.82) is 5.26 Å². The standard InChI is InChI=1S/C19H26N4O2/c20-12-15-7-4-8-16(11-15)22-13-17(19(21)25)23-18(24)10-9-14-5-2-1-3-6-14/h4,7-8,11,14,17,22H,1-3,5-6,9-10,13H2,(H2,21,25)(H,23,24). The van der Waals surface area contributed by atoms with E-state index < -0.39 is 11.9 Å². The topological polar surface area (TPSA) is 108 Å². The number of rotatable bonds is 8. The van der Waals surface area contributed by atoms with E-state index in [0.717, 1.165) is 6.42 Å². The number of carbonyl (C=O) groups excluding carboxylic acids is 2. The van der Waals surface area contributed by atoms with Gasteiger partial charge in [0, 0.05) is 18.7 Å². The average Bonchev–Trinajstić information content (AvgIpc) is 2.64. The van der Waals surface area contributed by atoms with Crippen LogP contribution in [0.25, 0.3) is 0 Å². The van der Waals surface area contributed by atoms with Crippen LogP contribution in [0.15, 0.2) is 24.3 Å². The van der Waals surface area contributed by atoms with Gasteiger partial charge in [-0.05, 0) is 30.5 Å². The first-order valence-corrected chi connectivity index (χ1v) is 8.91. The van der Waals surface area contributed by atoms with Gasteiger partial charge in [-0.25, -0.2) is 0 Å². The number of amides is 2. The summed E-state index contributed by atoms with van der Waals surface area (Å²) < 4.78 is 0. The van der Waals surface area contributed by atoms with E-state index in [2.05, 4.69) is 16.7 Å². The van der Waals surface area contributed by atoms with Crippen molar-refractivity contribution in [1.82, 2.24) is 5.32 Å². The Morgan fingerprint density at radius 1 is 1.28 bits per heavy atom. The SMILES string of the molecule is N#Cc1cccc(NCC(NC(=O)CCC2CCCCC2)C(N)=O)c1. The van der Waals surface area contributed by atoms with Crippen LogP contribution in [0.4, 0.5) is 5.69 Å². The van der Waals surface area contributed by atoms with E-state index >= 15 is 0 Å². The van der Waals surface area contributed by atoms with Crippen molar-refractivity contribution >= 4 is 17.5 Å². The molecule has 1 aliphatic carbocycles. The molecule has 0 bridgehead atoms. The number of hydrogen-bond donors (Lipinski definition) is 3. The number of carbonyl (C=O) groups is 2. The molecule has 1 atom stereocenters. The second-order valence-electron chi connectivity index (χ2n) is 6.64. The van der Waals surface area contributed by atoms with Crippen molar-refractivity contribution in [2.75, 3.05) is 11.9 Å². The highest BCUT2D eigenvalue weighted by atomic mass is 16.2. The van der Waals surface area contributed by atoms with Gasteiger partial charge in [0.15, 0.2) is 0 Å². The van der Waals surface area contributed by atoms with Gasteiger partial charge in [-0.3, -0.25) is 9.59 Å². The smallest absolute Gasteiger partial charge is 0.241 e. The van der Waals surface area contributed by atoms with Crippen LogP contribution >= 0.6 is 0 Å². The number of benzene rings is 1. The van der Waals surface area contributed by atoms with Gasteiger partial charge in [0.2, 0.25) is 11.8 Å². The number of nitrogens with zero attached hydrogens (tertiary/aromatic N) is 1. The van der Waals surface area contributed by atoms with Gasteiger partial charge in [-0.1, -0.05) is 38.2 Å². The van der Waals surface area contributed by atoms with Crippen LogP contribution in [0.5, 0.6) is 0 Å². The van der Waals surface area contributed by atoms with E-state index in [4.69, 9.17) is 11.0 Å². The predicted molar refractivity (Wildman–Crippen MR) is 96.6 cm³/mol. The Morgan fingerprint density at radius 2 is 2.04 bits per heavy atom. The fourth-order valence-electron chi connectivity index (χ4n) is 3.22. The highest BCUT2D eigenvalue weighted by Crippen LogP contribution is 2.27. The molecule has 134 valence electrons. The van der Waals surface area contributed by atoms with Crippen molar-refractivity contribution in [3.8, 4) is 6.07 Å². The lowest BCUT2D eigenvalue weighted by Gasteiger charge is -2.22. The van der Waals surface area contributed by atoms with Crippen LogP contribution in [0.2, 0.25) is 0 Å². The molecule has 2 amide bonds. The molecule has 1 aliphatic rings. The minimum Gasteiger partial charge on any atom is -0.382 e. The molecule has 0 aliphatic heterocycles. The zero-order valence-corrected chi connectivity index (χ0v) is 14.5. The van der Waals surface area contributed by atoms with E-state index in [-0.39, 0.29) is 12.5 Å². The summed E-state index contributed by atoms with van der Waals surface area (Å²) >= 11 is 0. The third kappa shape index (κ3) is 6.46. The van der Waals surface area contributed by atoms with E-state index in [1.807, 2.05) is 0 Å². The lowest BCUT2D eigenvalue weighted by Crippen LogP contribution is -2.48. The molecule has 6 nitrogen and oxygen atoms in total. The lowest BCUT2D eigenvalue weighted by atomic mass is 9.86. The zero-order valence-electron chi connectivity index (χ0n) is 14.5. The first-order chi connectivity index (χ1) is 12.1. The van der Waals surface area contributed by atoms with Crippen LogP contribution < -0.4 is 16.4 Å². The van der Waals surface area contributed by atoms with E-state index in [1.54, 1.807) is 24.3 Å². The van der Waals surface area contributed by atoms with E-state index in [0.29, 0.717) is 23.6 Å². The molecular weight excluding hydrogens is 316 g/mol. The molecule has 1 saturated carbocycles. The molecule has 1 unspecified atom stereocenters. The summed E-state index contributed by atoms with van der Waals surface area (Å²) in [4.78, 5) is 23.7. The van der Waals surface area contributed by atoms with Gasteiger partial charge in [0.25, 0.3) is 0 Å². The van der Waals surface area contributed by atoms with Crippen LogP contribution in [-0.2, 0) is 9.59 Å². The number of nitrogens with two attached hydrogens (primary N) is 1. The lowest BCUT2D eigenvalue weighted by molar-refractivity contribution is -0.127. The Labute approximate surface area is 148 Å². The molecule has 0 heterocycles. The van der Waals surface area contributed by atoms with Crippen LogP contribution in [-0.4, -0.2) is 24.4 Å². The minimum absolute atomic E-state index is 0.137. The van der Waals surface area contributed by atoms with Crippen LogP contribution in [0, 0.1) is 17.2 Å². The second kappa shape index (κ2) is 9.67. The Morgan fingerprint density at radius 3 is 2.72 bits per heavy atom. The van der Waals surface area contributed by atoms with E-state index in [9.17, 15) is 9.59 Å². The van der Waals surface area contributed by atoms with Gasteiger partial charge >= 0.3 is 0 Å². The monoisotopic (exact) mass is 342 g/mol. The number of hydrogen-bond acceptors (Lipinski definition) is 4. The van der Waals surface area contributed by atoms with Gasteiger partial charge in [-0.2, -0.15) is 5.26 Å². The molecule has 0 radical (unpaired) electrons. The molecule has 6 heteroatoms. The van der Waals surface area contributed by atoms with Gasteiger partial charge in [-0.15, -0.1) is 0 Å². The highest BCUT2D eigenvalue weighted by molar-refractivity contribution is 5.87. The quantitative estimate of drug-likeness (QED) is 0.673. The van der Waals surface area contributed by atoms with Crippen LogP contribution in [0.1, 0.15) is 50.5 Å². The molecule has 0 spiro atoms. The second-order valence-corrected chi connectivity index (χ2v) is 6.64. The van der Waals surface area contributed by atoms with Crippen LogP contribution in [0.3, 0.4) is 0 Å². The van der Waals surface area contributed by atoms with Crippen molar-refractivity contribution in [2.45, 2.75) is 51.0 Å². The molecule has 2 rings (SSSR count). The first-order valence-electron chi connectivity index (χ1n) is 8.91. The Kier molecular flexibility index (Phi) is 7.27. The summed E-state index contributed by atoms with van der Waals surface area (Å²) in [5.41, 5.74) is 6.63. The minimum atomic E-state index is -0.774. The fourth-order valence-corrected chi connectivity index (χ4v) is 3.22. The summed E-state index contributed by atoms with van der Waals surface area (Å²) in [6.07, 6.45) is 7.49. The van der Waals surface area contributed by atoms with Crippen molar-refractivity contribution in [2.24, 2.45) is 11.7 Å². The summed E-state index contributed by atoms with van der Waals surface area (Å²) in [7, 11) is 0. The summed E-state index contributed by atoms with van der Waals surface area (Å²) in [6.45, 7) is 0.194. The summed E-state index contributed by atoms with van der Waals surface area (Å²) in [5, 5.41) is 14.7. The molecule has 0 aromatic heterocycles. The predicted octanol–water partition coefficient (Wildman–Crippen LogP) is 2.30. The maximum absolute atomic E-state index is 12.1. The molecule has 1 aromatic carbocycles. The van der Waals surface area contributed by atoms with Crippen molar-refractivity contribution in [3.63, 3.8) is 0 Å². The molecule has 0 saturated heterocycles. The fraction of sp³-hybridized carbons (Fsp3) is 0.526. The average molecular weight is 342 g/mol. The van der Waals surface area contributed by atoms with Gasteiger partial charge < -0.3 is 16.4 Å². The largest absolute Gasteiger partial charge is 0.382 e. The molecule has 4 N–H and O–H groups in total.